The van der Waals surface area contributed by atoms with Crippen LogP contribution in [0.3, 0.4) is 0 Å². The third-order valence-corrected chi connectivity index (χ3v) is 12.6. The van der Waals surface area contributed by atoms with Crippen LogP contribution < -0.4 is 0 Å². The van der Waals surface area contributed by atoms with Crippen molar-refractivity contribution in [3.8, 4) is 0 Å². The lowest BCUT2D eigenvalue weighted by atomic mass is 10.0. The summed E-state index contributed by atoms with van der Waals surface area (Å²) in [5.41, 5.74) is 0. The van der Waals surface area contributed by atoms with Crippen molar-refractivity contribution in [1.29, 1.82) is 0 Å². The zero-order valence-corrected chi connectivity index (χ0v) is 44.0. The number of allylic oxidation sites excluding steroid dienone is 8. The first-order chi connectivity index (χ1) is 32.5. The molecule has 0 radical (unpaired) electrons. The van der Waals surface area contributed by atoms with E-state index >= 15 is 0 Å². The molecule has 0 aromatic carbocycles. The van der Waals surface area contributed by atoms with Gasteiger partial charge in [0, 0.05) is 19.3 Å². The van der Waals surface area contributed by atoms with Gasteiger partial charge in [0.05, 0.1) is 0 Å². The van der Waals surface area contributed by atoms with E-state index in [0.717, 1.165) is 83.5 Å². The van der Waals surface area contributed by atoms with E-state index < -0.39 is 6.10 Å². The highest BCUT2D eigenvalue weighted by Crippen LogP contribution is 2.16. The lowest BCUT2D eigenvalue weighted by molar-refractivity contribution is -0.167. The van der Waals surface area contributed by atoms with Crippen molar-refractivity contribution >= 4 is 17.9 Å². The monoisotopic (exact) mass is 925 g/mol. The number of hydrogen-bond donors (Lipinski definition) is 0. The summed E-state index contributed by atoms with van der Waals surface area (Å²) in [6.07, 6.45) is 66.7. The molecule has 0 heterocycles. The van der Waals surface area contributed by atoms with Gasteiger partial charge in [-0.05, 0) is 83.5 Å². The van der Waals surface area contributed by atoms with Crippen molar-refractivity contribution in [1.82, 2.24) is 0 Å². The molecule has 0 aromatic heterocycles. The summed E-state index contributed by atoms with van der Waals surface area (Å²) in [4.78, 5) is 38.1. The second kappa shape index (κ2) is 55.0. The van der Waals surface area contributed by atoms with E-state index in [1.165, 1.54) is 173 Å². The molecule has 0 aliphatic carbocycles. The molecule has 0 N–H and O–H groups in total. The summed E-state index contributed by atoms with van der Waals surface area (Å²) >= 11 is 0. The third-order valence-electron chi connectivity index (χ3n) is 12.6. The average molecular weight is 926 g/mol. The Bertz CT molecular complexity index is 1150. The van der Waals surface area contributed by atoms with Crippen molar-refractivity contribution in [3.05, 3.63) is 48.6 Å². The number of ether oxygens (including phenoxy) is 3. The first kappa shape index (κ1) is 63.4. The fourth-order valence-electron chi connectivity index (χ4n) is 8.21. The molecule has 0 bridgehead atoms. The van der Waals surface area contributed by atoms with Gasteiger partial charge in [-0.1, -0.05) is 243 Å². The van der Waals surface area contributed by atoms with Gasteiger partial charge in [0.1, 0.15) is 13.2 Å². The number of unbranched alkanes of at least 4 members (excludes halogenated alkanes) is 33. The van der Waals surface area contributed by atoms with Crippen LogP contribution in [-0.2, 0) is 28.6 Å². The molecule has 0 saturated heterocycles. The van der Waals surface area contributed by atoms with E-state index in [0.29, 0.717) is 19.3 Å². The second-order valence-electron chi connectivity index (χ2n) is 19.2. The van der Waals surface area contributed by atoms with Crippen molar-refractivity contribution in [2.75, 3.05) is 13.2 Å². The second-order valence-corrected chi connectivity index (χ2v) is 19.2. The molecule has 0 spiro atoms. The highest BCUT2D eigenvalue weighted by Gasteiger charge is 2.19. The number of hydrogen-bond acceptors (Lipinski definition) is 6. The highest BCUT2D eigenvalue weighted by molar-refractivity contribution is 5.71. The molecular weight excluding hydrogens is 817 g/mol. The minimum atomic E-state index is -0.783. The molecule has 0 unspecified atom stereocenters. The van der Waals surface area contributed by atoms with Gasteiger partial charge in [-0.2, -0.15) is 0 Å². The smallest absolute Gasteiger partial charge is 0.306 e. The lowest BCUT2D eigenvalue weighted by Gasteiger charge is -2.18. The summed E-state index contributed by atoms with van der Waals surface area (Å²) in [6.45, 7) is 6.61. The zero-order valence-electron chi connectivity index (χ0n) is 44.0. The van der Waals surface area contributed by atoms with Gasteiger partial charge in [-0.25, -0.2) is 0 Å². The fourth-order valence-corrected chi connectivity index (χ4v) is 8.21. The largest absolute Gasteiger partial charge is 0.462 e. The SMILES string of the molecule is CCCCC/C=C\C/C=C\C/C=C\CCCCCCC(=O)O[C@H](COC(=O)CCCCCCCCCCC/C=C\CCCCCCCC)COC(=O)CCCCCCCCCCCCCC. The Labute approximate surface area is 409 Å². The van der Waals surface area contributed by atoms with Crippen LogP contribution in [0.1, 0.15) is 297 Å². The van der Waals surface area contributed by atoms with Crippen LogP contribution in [0.15, 0.2) is 48.6 Å². The van der Waals surface area contributed by atoms with Crippen LogP contribution in [0.2, 0.25) is 0 Å². The number of carbonyl (C=O) groups is 3. The molecule has 0 amide bonds. The highest BCUT2D eigenvalue weighted by atomic mass is 16.6. The van der Waals surface area contributed by atoms with Crippen LogP contribution in [0.5, 0.6) is 0 Å². The minimum Gasteiger partial charge on any atom is -0.462 e. The molecule has 0 saturated carbocycles. The molecule has 66 heavy (non-hydrogen) atoms. The number of rotatable bonds is 52. The molecule has 0 rings (SSSR count). The zero-order chi connectivity index (χ0) is 47.9. The molecule has 384 valence electrons. The molecule has 1 atom stereocenters. The van der Waals surface area contributed by atoms with Gasteiger partial charge < -0.3 is 14.2 Å². The molecular formula is C60H108O6. The van der Waals surface area contributed by atoms with Gasteiger partial charge in [-0.15, -0.1) is 0 Å². The van der Waals surface area contributed by atoms with Crippen molar-refractivity contribution in [3.63, 3.8) is 0 Å². The van der Waals surface area contributed by atoms with Crippen molar-refractivity contribution < 1.29 is 28.6 Å². The fraction of sp³-hybridized carbons (Fsp3) is 0.817. The van der Waals surface area contributed by atoms with E-state index in [-0.39, 0.29) is 31.1 Å². The quantitative estimate of drug-likeness (QED) is 0.0262. The van der Waals surface area contributed by atoms with Crippen molar-refractivity contribution in [2.24, 2.45) is 0 Å². The molecule has 0 aromatic rings. The molecule has 6 heteroatoms. The summed E-state index contributed by atoms with van der Waals surface area (Å²) in [6, 6.07) is 0. The Morgan fingerprint density at radius 2 is 0.545 bits per heavy atom. The third kappa shape index (κ3) is 52.3. The Hall–Kier alpha value is -2.63. The van der Waals surface area contributed by atoms with Crippen LogP contribution >= 0.6 is 0 Å². The van der Waals surface area contributed by atoms with Gasteiger partial charge >= 0.3 is 17.9 Å². The molecule has 0 aliphatic rings. The van der Waals surface area contributed by atoms with Gasteiger partial charge in [0.15, 0.2) is 6.10 Å². The topological polar surface area (TPSA) is 78.9 Å². The Morgan fingerprint density at radius 3 is 0.894 bits per heavy atom. The Morgan fingerprint density at radius 1 is 0.303 bits per heavy atom. The van der Waals surface area contributed by atoms with Crippen LogP contribution in [-0.4, -0.2) is 37.2 Å². The maximum absolute atomic E-state index is 12.8. The first-order valence-corrected chi connectivity index (χ1v) is 28.6. The van der Waals surface area contributed by atoms with E-state index in [4.69, 9.17) is 14.2 Å². The summed E-state index contributed by atoms with van der Waals surface area (Å²) in [5, 5.41) is 0. The molecule has 0 fully saturated rings. The van der Waals surface area contributed by atoms with E-state index in [9.17, 15) is 14.4 Å². The Balaban J connectivity index is 4.36. The lowest BCUT2D eigenvalue weighted by Crippen LogP contribution is -2.30. The normalized spacial score (nSPS) is 12.3. The minimum absolute atomic E-state index is 0.0800. The maximum atomic E-state index is 12.8. The van der Waals surface area contributed by atoms with E-state index in [2.05, 4.69) is 69.4 Å². The predicted octanol–water partition coefficient (Wildman–Crippen LogP) is 19.0. The number of esters is 3. The first-order valence-electron chi connectivity index (χ1n) is 28.6. The maximum Gasteiger partial charge on any atom is 0.306 e. The Kier molecular flexibility index (Phi) is 52.8. The average Bonchev–Trinajstić information content (AvgIpc) is 3.31. The van der Waals surface area contributed by atoms with Gasteiger partial charge in [0.25, 0.3) is 0 Å². The predicted molar refractivity (Wildman–Crippen MR) is 284 cm³/mol. The van der Waals surface area contributed by atoms with Gasteiger partial charge in [0.2, 0.25) is 0 Å². The summed E-state index contributed by atoms with van der Waals surface area (Å²) < 4.78 is 16.8. The van der Waals surface area contributed by atoms with Crippen molar-refractivity contribution in [2.45, 2.75) is 303 Å². The molecule has 0 aliphatic heterocycles. The standard InChI is InChI=1S/C60H108O6/c1-4-7-10-13-16-19-22-25-27-29-30-32-33-35-38-41-44-47-50-53-59(62)65-56-57(55-64-58(61)52-49-46-43-40-37-24-21-18-15-12-9-6-3)66-60(63)54-51-48-45-42-39-36-34-31-28-26-23-20-17-14-11-8-5-2/h17,20,25-28,34,36,57H,4-16,18-19,21-24,29-33,35,37-56H2,1-3H3/b20-17-,27-25-,28-26-,36-34-/t57-/m0/s1. The van der Waals surface area contributed by atoms with Crippen LogP contribution in [0.25, 0.3) is 0 Å². The van der Waals surface area contributed by atoms with E-state index in [1.54, 1.807) is 0 Å². The summed E-state index contributed by atoms with van der Waals surface area (Å²) in [5.74, 6) is -0.891. The van der Waals surface area contributed by atoms with Crippen LogP contribution in [0, 0.1) is 0 Å². The molecule has 6 nitrogen and oxygen atoms in total. The van der Waals surface area contributed by atoms with Crippen LogP contribution in [0.4, 0.5) is 0 Å². The summed E-state index contributed by atoms with van der Waals surface area (Å²) in [7, 11) is 0. The van der Waals surface area contributed by atoms with E-state index in [1.807, 2.05) is 0 Å². The number of carbonyl (C=O) groups excluding carboxylic acids is 3. The van der Waals surface area contributed by atoms with Gasteiger partial charge in [-0.3, -0.25) is 14.4 Å².